The van der Waals surface area contributed by atoms with Crippen LogP contribution in [0.4, 0.5) is 13.2 Å². The molecule has 1 aliphatic heterocycles. The van der Waals surface area contributed by atoms with E-state index in [1.165, 1.54) is 22.9 Å². The van der Waals surface area contributed by atoms with Crippen molar-refractivity contribution in [1.82, 2.24) is 19.9 Å². The number of nitrogens with zero attached hydrogens (tertiary/aromatic N) is 4. The van der Waals surface area contributed by atoms with Gasteiger partial charge in [0.1, 0.15) is 11.5 Å². The van der Waals surface area contributed by atoms with Crippen molar-refractivity contribution in [2.45, 2.75) is 30.7 Å². The summed E-state index contributed by atoms with van der Waals surface area (Å²) in [7, 11) is 0. The third-order valence-electron chi connectivity index (χ3n) is 5.22. The Kier molecular flexibility index (Phi) is 4.20. The van der Waals surface area contributed by atoms with Gasteiger partial charge < -0.3 is 4.52 Å². The molecule has 0 spiro atoms. The van der Waals surface area contributed by atoms with Crippen LogP contribution in [0.5, 0.6) is 0 Å². The number of thioether (sulfide) groups is 1. The lowest BCUT2D eigenvalue weighted by molar-refractivity contribution is 0.137. The van der Waals surface area contributed by atoms with Gasteiger partial charge in [-0.1, -0.05) is 22.8 Å². The molecule has 5 rings (SSSR count). The smallest absolute Gasteiger partial charge is 0.280 e. The van der Waals surface area contributed by atoms with Crippen LogP contribution in [0, 0.1) is 5.82 Å². The van der Waals surface area contributed by atoms with Crippen LogP contribution >= 0.6 is 23.4 Å². The number of halogens is 4. The van der Waals surface area contributed by atoms with Crippen molar-refractivity contribution in [3.8, 4) is 11.6 Å². The Labute approximate surface area is 167 Å². The molecule has 1 aliphatic carbocycles. The molecular weight excluding hydrogens is 413 g/mol. The van der Waals surface area contributed by atoms with Crippen LogP contribution in [0.15, 0.2) is 28.8 Å². The summed E-state index contributed by atoms with van der Waals surface area (Å²) in [6, 6.07) is 5.48. The van der Waals surface area contributed by atoms with Crippen molar-refractivity contribution >= 4 is 23.4 Å². The highest BCUT2D eigenvalue weighted by atomic mass is 35.5. The van der Waals surface area contributed by atoms with Gasteiger partial charge in [-0.2, -0.15) is 21.8 Å². The second-order valence-corrected chi connectivity index (χ2v) is 8.50. The molecule has 3 aromatic rings. The molecule has 0 atom stereocenters. The summed E-state index contributed by atoms with van der Waals surface area (Å²) >= 11 is 7.90. The average Bonchev–Trinajstić information content (AvgIpc) is 3.05. The number of alkyl halides is 2. The first kappa shape index (κ1) is 18.1. The van der Waals surface area contributed by atoms with Gasteiger partial charge in [0, 0.05) is 16.5 Å². The van der Waals surface area contributed by atoms with E-state index in [1.54, 1.807) is 17.8 Å². The highest BCUT2D eigenvalue weighted by molar-refractivity contribution is 8.00. The first-order valence-electron chi connectivity index (χ1n) is 8.73. The van der Waals surface area contributed by atoms with Crippen molar-refractivity contribution < 1.29 is 17.7 Å². The van der Waals surface area contributed by atoms with Gasteiger partial charge in [-0.25, -0.2) is 13.2 Å². The van der Waals surface area contributed by atoms with E-state index in [2.05, 4.69) is 15.2 Å². The van der Waals surface area contributed by atoms with Crippen LogP contribution in [0.25, 0.3) is 11.6 Å². The van der Waals surface area contributed by atoms with Crippen LogP contribution in [0.2, 0.25) is 5.02 Å². The molecule has 1 aromatic carbocycles. The van der Waals surface area contributed by atoms with Crippen LogP contribution in [-0.2, 0) is 5.41 Å². The average molecular weight is 427 g/mol. The zero-order valence-electron chi connectivity index (χ0n) is 14.4. The summed E-state index contributed by atoms with van der Waals surface area (Å²) in [6.07, 6.45) is -1.15. The number of rotatable bonds is 5. The number of hydrogen-bond acceptors (Lipinski definition) is 5. The minimum Gasteiger partial charge on any atom is -0.332 e. The predicted octanol–water partition coefficient (Wildman–Crippen LogP) is 5.03. The number of hydrogen-bond donors (Lipinski definition) is 0. The first-order chi connectivity index (χ1) is 13.5. The van der Waals surface area contributed by atoms with E-state index in [-0.39, 0.29) is 23.3 Å². The third kappa shape index (κ3) is 2.83. The zero-order valence-corrected chi connectivity index (χ0v) is 16.0. The molecule has 0 amide bonds. The lowest BCUT2D eigenvalue weighted by Crippen LogP contribution is -2.25. The summed E-state index contributed by atoms with van der Waals surface area (Å²) < 4.78 is 46.9. The molecule has 1 saturated carbocycles. The minimum absolute atomic E-state index is 0.0436. The molecule has 0 unspecified atom stereocenters. The summed E-state index contributed by atoms with van der Waals surface area (Å²) in [5.74, 6) is 1.58. The molecule has 0 radical (unpaired) electrons. The Balaban J connectivity index is 1.50. The quantitative estimate of drug-likeness (QED) is 0.572. The van der Waals surface area contributed by atoms with Crippen molar-refractivity contribution in [2.24, 2.45) is 0 Å². The topological polar surface area (TPSA) is 56.7 Å². The van der Waals surface area contributed by atoms with Gasteiger partial charge in [0.2, 0.25) is 0 Å². The largest absolute Gasteiger partial charge is 0.332 e. The summed E-state index contributed by atoms with van der Waals surface area (Å²) in [5.41, 5.74) is 0.272. The molecule has 0 N–H and O–H groups in total. The minimum atomic E-state index is -2.64. The maximum atomic E-state index is 13.4. The first-order valence-corrected chi connectivity index (χ1v) is 10.3. The molecule has 2 aliphatic rings. The van der Waals surface area contributed by atoms with E-state index >= 15 is 0 Å². The van der Waals surface area contributed by atoms with E-state index < -0.39 is 17.7 Å². The van der Waals surface area contributed by atoms with E-state index in [1.807, 2.05) is 0 Å². The van der Waals surface area contributed by atoms with Crippen LogP contribution in [0.1, 0.15) is 42.4 Å². The molecule has 2 fully saturated rings. The Morgan fingerprint density at radius 3 is 2.64 bits per heavy atom. The van der Waals surface area contributed by atoms with Crippen molar-refractivity contribution in [3.05, 3.63) is 52.2 Å². The maximum Gasteiger partial charge on any atom is 0.280 e. The summed E-state index contributed by atoms with van der Waals surface area (Å²) in [6.45, 7) is 0. The Morgan fingerprint density at radius 1 is 1.25 bits per heavy atom. The van der Waals surface area contributed by atoms with E-state index in [4.69, 9.17) is 16.1 Å². The monoisotopic (exact) mass is 426 g/mol. The highest BCUT2D eigenvalue weighted by Crippen LogP contribution is 2.54. The molecule has 146 valence electrons. The van der Waals surface area contributed by atoms with Gasteiger partial charge in [0.25, 0.3) is 12.3 Å². The molecule has 10 heteroatoms. The van der Waals surface area contributed by atoms with Gasteiger partial charge in [0.05, 0.1) is 11.5 Å². The fraction of sp³-hybridized carbons (Fsp3) is 0.389. The van der Waals surface area contributed by atoms with E-state index in [9.17, 15) is 13.2 Å². The molecule has 28 heavy (non-hydrogen) atoms. The third-order valence-corrected chi connectivity index (χ3v) is 6.78. The van der Waals surface area contributed by atoms with Crippen LogP contribution in [-0.4, -0.2) is 31.4 Å². The summed E-state index contributed by atoms with van der Waals surface area (Å²) in [4.78, 5) is 4.42. The maximum absolute atomic E-state index is 13.4. The highest BCUT2D eigenvalue weighted by Gasteiger charge is 2.51. The molecule has 0 bridgehead atoms. The van der Waals surface area contributed by atoms with E-state index in [0.29, 0.717) is 10.8 Å². The van der Waals surface area contributed by atoms with Crippen molar-refractivity contribution in [2.75, 3.05) is 11.5 Å². The second kappa shape index (κ2) is 6.52. The molecular formula is C18H14ClF3N4OS. The zero-order chi connectivity index (χ0) is 19.5. The van der Waals surface area contributed by atoms with Gasteiger partial charge in [-0.3, -0.25) is 4.68 Å². The molecule has 3 heterocycles. The Hall–Kier alpha value is -2.00. The molecule has 5 nitrogen and oxygen atoms in total. The number of benzene rings is 1. The van der Waals surface area contributed by atoms with Gasteiger partial charge >= 0.3 is 0 Å². The van der Waals surface area contributed by atoms with Gasteiger partial charge in [-0.05, 0) is 36.6 Å². The van der Waals surface area contributed by atoms with Gasteiger partial charge in [0.15, 0.2) is 11.5 Å². The van der Waals surface area contributed by atoms with E-state index in [0.717, 1.165) is 29.9 Å². The normalized spacial score (nSPS) is 18.5. The van der Waals surface area contributed by atoms with Gasteiger partial charge in [-0.15, -0.1) is 0 Å². The summed E-state index contributed by atoms with van der Waals surface area (Å²) in [5, 5.41) is 8.64. The fourth-order valence-electron chi connectivity index (χ4n) is 3.47. The molecule has 1 saturated heterocycles. The molecule has 2 aromatic heterocycles. The Morgan fingerprint density at radius 2 is 2.04 bits per heavy atom. The fourth-order valence-corrected chi connectivity index (χ4v) is 4.55. The van der Waals surface area contributed by atoms with Crippen LogP contribution in [0.3, 0.4) is 0 Å². The van der Waals surface area contributed by atoms with Crippen molar-refractivity contribution in [3.63, 3.8) is 0 Å². The van der Waals surface area contributed by atoms with Crippen molar-refractivity contribution in [1.29, 1.82) is 0 Å². The second-order valence-electron chi connectivity index (χ2n) is 7.02. The lowest BCUT2D eigenvalue weighted by Gasteiger charge is -2.26. The Bertz CT molecular complexity index is 1050. The van der Waals surface area contributed by atoms with Crippen LogP contribution < -0.4 is 0 Å². The lowest BCUT2D eigenvalue weighted by atomic mass is 9.95. The standard InChI is InChI=1S/C18H14ClF3N4OS/c19-12-5-9(20)1-2-11(12)18(3-4-18)17-23-16(27-25-17)13-6-14(15(21)22)26(24-13)10-7-28-8-10/h1-2,5-6,10,15H,3-4,7-8H2. The predicted molar refractivity (Wildman–Crippen MR) is 98.3 cm³/mol. The number of aromatic nitrogens is 4. The SMILES string of the molecule is Fc1ccc(C2(c3noc(-c4cc(C(F)F)n(C5CSC5)n4)n3)CC2)c(Cl)c1.